The average Bonchev–Trinajstić information content (AvgIpc) is 3.40. The molecule has 214 valence electrons. The predicted octanol–water partition coefficient (Wildman–Crippen LogP) is 3.72. The van der Waals surface area contributed by atoms with Gasteiger partial charge in [-0.1, -0.05) is 17.7 Å². The zero-order chi connectivity index (χ0) is 27.9. The van der Waals surface area contributed by atoms with Crippen molar-refractivity contribution in [1.29, 1.82) is 0 Å². The molecule has 2 heterocycles. The second-order valence-electron chi connectivity index (χ2n) is 8.76. The van der Waals surface area contributed by atoms with E-state index in [4.69, 9.17) is 46.2 Å². The van der Waals surface area contributed by atoms with Gasteiger partial charge in [0.2, 0.25) is 6.79 Å². The van der Waals surface area contributed by atoms with Crippen molar-refractivity contribution in [3.63, 3.8) is 0 Å². The van der Waals surface area contributed by atoms with Gasteiger partial charge in [0.1, 0.15) is 5.75 Å². The average molecular weight is 595 g/mol. The summed E-state index contributed by atoms with van der Waals surface area (Å²) in [5.41, 5.74) is 0.896. The van der Waals surface area contributed by atoms with Crippen molar-refractivity contribution in [3.05, 3.63) is 70.7 Å². The Morgan fingerprint density at radius 1 is 0.875 bits per heavy atom. The summed E-state index contributed by atoms with van der Waals surface area (Å²) in [7, 11) is 0. The summed E-state index contributed by atoms with van der Waals surface area (Å²) < 4.78 is 16.3. The predicted molar refractivity (Wildman–Crippen MR) is 147 cm³/mol. The number of aromatic carboxylic acids is 1. The summed E-state index contributed by atoms with van der Waals surface area (Å²) >= 11 is 5.85. The van der Waals surface area contributed by atoms with Crippen LogP contribution < -0.4 is 14.2 Å². The highest BCUT2D eigenvalue weighted by Gasteiger charge is 2.22. The summed E-state index contributed by atoms with van der Waals surface area (Å²) in [6.45, 7) is 4.24. The number of carbonyl (C=O) groups is 2. The zero-order valence-corrected chi connectivity index (χ0v) is 22.7. The molecule has 3 aromatic rings. The van der Waals surface area contributed by atoms with Crippen LogP contribution in [0.5, 0.6) is 34.5 Å². The Morgan fingerprint density at radius 2 is 1.50 bits per heavy atom. The molecule has 0 saturated carbocycles. The molecule has 3 aromatic carbocycles. The van der Waals surface area contributed by atoms with Gasteiger partial charge in [-0.15, -0.1) is 12.4 Å². The topological polar surface area (TPSA) is 149 Å². The molecule has 0 aliphatic carbocycles. The summed E-state index contributed by atoms with van der Waals surface area (Å²) in [4.78, 5) is 26.9. The van der Waals surface area contributed by atoms with Crippen LogP contribution in [0.1, 0.15) is 15.9 Å². The number of carboxylic acids is 1. The number of amides is 1. The molecule has 1 fully saturated rings. The van der Waals surface area contributed by atoms with Gasteiger partial charge < -0.3 is 39.5 Å². The van der Waals surface area contributed by atoms with E-state index in [1.54, 1.807) is 24.3 Å². The van der Waals surface area contributed by atoms with Gasteiger partial charge in [0.25, 0.3) is 5.91 Å². The number of hydrogen-bond acceptors (Lipinski definition) is 9. The summed E-state index contributed by atoms with van der Waals surface area (Å²) in [5.74, 6) is -1.07. The van der Waals surface area contributed by atoms with Crippen LogP contribution in [-0.2, 0) is 11.3 Å². The molecule has 0 radical (unpaired) electrons. The van der Waals surface area contributed by atoms with Gasteiger partial charge in [0.05, 0.1) is 5.56 Å². The van der Waals surface area contributed by atoms with Crippen LogP contribution in [0.25, 0.3) is 0 Å². The number of rotatable bonds is 6. The Labute approximate surface area is 241 Å². The number of phenols is 3. The molecule has 5 rings (SSSR count). The lowest BCUT2D eigenvalue weighted by Crippen LogP contribution is -2.49. The van der Waals surface area contributed by atoms with Crippen molar-refractivity contribution in [2.45, 2.75) is 6.54 Å². The fraction of sp³-hybridized carbons (Fsp3) is 0.259. The molecule has 4 N–H and O–H groups in total. The van der Waals surface area contributed by atoms with Crippen LogP contribution in [0.15, 0.2) is 54.6 Å². The number of carbonyl (C=O) groups excluding carboxylic acids is 1. The fourth-order valence-electron chi connectivity index (χ4n) is 3.95. The molecule has 0 atom stereocenters. The lowest BCUT2D eigenvalue weighted by molar-refractivity contribution is -0.135. The second kappa shape index (κ2) is 13.8. The van der Waals surface area contributed by atoms with Crippen molar-refractivity contribution in [2.75, 3.05) is 39.6 Å². The van der Waals surface area contributed by atoms with E-state index < -0.39 is 23.2 Å². The van der Waals surface area contributed by atoms with E-state index in [9.17, 15) is 9.59 Å². The third-order valence-corrected chi connectivity index (χ3v) is 6.31. The molecule has 0 spiro atoms. The molecular formula is C27H28Cl2N2O9. The first kappa shape index (κ1) is 30.5. The molecule has 13 heteroatoms. The van der Waals surface area contributed by atoms with Crippen LogP contribution in [-0.4, -0.2) is 81.7 Å². The first-order valence-electron chi connectivity index (χ1n) is 11.9. The fourth-order valence-corrected chi connectivity index (χ4v) is 4.07. The minimum Gasteiger partial charge on any atom is -0.504 e. The number of phenolic OH excluding ortho intramolecular Hbond substituents is 3. The lowest BCUT2D eigenvalue weighted by atomic mass is 10.1. The number of fused-ring (bicyclic) bond motifs is 1. The van der Waals surface area contributed by atoms with Crippen molar-refractivity contribution < 1.29 is 44.2 Å². The molecule has 1 amide bonds. The van der Waals surface area contributed by atoms with E-state index in [1.807, 2.05) is 17.0 Å². The highest BCUT2D eigenvalue weighted by Crippen LogP contribution is 2.35. The van der Waals surface area contributed by atoms with E-state index in [1.165, 1.54) is 5.56 Å². The maximum absolute atomic E-state index is 12.4. The van der Waals surface area contributed by atoms with Gasteiger partial charge in [-0.05, 0) is 54.1 Å². The lowest BCUT2D eigenvalue weighted by Gasteiger charge is -2.34. The molecule has 0 unspecified atom stereocenters. The number of piperazine rings is 1. The molecule has 1 saturated heterocycles. The Kier molecular flexibility index (Phi) is 10.5. The highest BCUT2D eigenvalue weighted by atomic mass is 35.5. The minimum atomic E-state index is -1.29. The zero-order valence-electron chi connectivity index (χ0n) is 21.2. The van der Waals surface area contributed by atoms with Gasteiger partial charge in [-0.2, -0.15) is 0 Å². The Balaban J connectivity index is 0.000000287. The Hall–Kier alpha value is -4.06. The van der Waals surface area contributed by atoms with Gasteiger partial charge >= 0.3 is 5.97 Å². The Bertz CT molecular complexity index is 1310. The number of aromatic hydroxyl groups is 3. The number of carboxylic acid groups (broad SMARTS) is 1. The standard InChI is InChI=1S/C20H21ClN2O4.C7H6O5.ClH/c21-16-2-4-17(5-3-16)25-13-20(24)23-9-7-22(8-10-23)12-15-1-6-18-19(11-15)27-14-26-18;8-4-1-3(7(11)12)2-5(9)6(4)10;/h1-6,11H,7-10,12-14H2;1-2,8-10H,(H,11,12);1H. The Morgan fingerprint density at radius 3 is 2.12 bits per heavy atom. The number of halogens is 2. The third-order valence-electron chi connectivity index (χ3n) is 6.06. The molecular weight excluding hydrogens is 567 g/mol. The molecule has 11 nitrogen and oxygen atoms in total. The molecule has 0 bridgehead atoms. The molecule has 2 aliphatic heterocycles. The van der Waals surface area contributed by atoms with Crippen molar-refractivity contribution in [1.82, 2.24) is 9.80 Å². The van der Waals surface area contributed by atoms with E-state index in [-0.39, 0.29) is 37.3 Å². The molecule has 40 heavy (non-hydrogen) atoms. The highest BCUT2D eigenvalue weighted by molar-refractivity contribution is 6.30. The molecule has 2 aliphatic rings. The maximum Gasteiger partial charge on any atom is 0.335 e. The summed E-state index contributed by atoms with van der Waals surface area (Å²) in [5, 5.41) is 35.6. The van der Waals surface area contributed by atoms with E-state index in [0.717, 1.165) is 43.3 Å². The second-order valence-corrected chi connectivity index (χ2v) is 9.19. The first-order valence-corrected chi connectivity index (χ1v) is 12.3. The van der Waals surface area contributed by atoms with Gasteiger partial charge in [0.15, 0.2) is 35.4 Å². The van der Waals surface area contributed by atoms with Crippen molar-refractivity contribution in [3.8, 4) is 34.5 Å². The molecule has 0 aromatic heterocycles. The van der Waals surface area contributed by atoms with E-state index in [2.05, 4.69) is 11.0 Å². The van der Waals surface area contributed by atoms with Crippen molar-refractivity contribution in [2.24, 2.45) is 0 Å². The minimum absolute atomic E-state index is 0. The SMILES string of the molecule is Cl.O=C(COc1ccc(Cl)cc1)N1CCN(Cc2ccc3c(c2)OCO3)CC1.O=C(O)c1cc(O)c(O)c(O)c1. The number of hydrogen-bond donors (Lipinski definition) is 4. The normalized spacial score (nSPS) is 14.0. The maximum atomic E-state index is 12.4. The van der Waals surface area contributed by atoms with E-state index >= 15 is 0 Å². The van der Waals surface area contributed by atoms with Gasteiger partial charge in [-0.25, -0.2) is 4.79 Å². The third kappa shape index (κ3) is 7.98. The van der Waals surface area contributed by atoms with Crippen molar-refractivity contribution >= 4 is 35.9 Å². The number of ether oxygens (including phenoxy) is 3. The number of nitrogens with zero attached hydrogens (tertiary/aromatic N) is 2. The van der Waals surface area contributed by atoms with Crippen LogP contribution in [0.2, 0.25) is 5.02 Å². The summed E-state index contributed by atoms with van der Waals surface area (Å²) in [6, 6.07) is 14.7. The van der Waals surface area contributed by atoms with E-state index in [0.29, 0.717) is 23.9 Å². The van der Waals surface area contributed by atoms with Crippen LogP contribution >= 0.6 is 24.0 Å². The largest absolute Gasteiger partial charge is 0.504 e. The monoisotopic (exact) mass is 594 g/mol. The van der Waals surface area contributed by atoms with Crippen LogP contribution in [0.4, 0.5) is 0 Å². The quantitative estimate of drug-likeness (QED) is 0.311. The van der Waals surface area contributed by atoms with Gasteiger partial charge in [-0.3, -0.25) is 9.69 Å². The summed E-state index contributed by atoms with van der Waals surface area (Å²) in [6.07, 6.45) is 0. The smallest absolute Gasteiger partial charge is 0.335 e. The van der Waals surface area contributed by atoms with Crippen LogP contribution in [0, 0.1) is 0 Å². The van der Waals surface area contributed by atoms with Gasteiger partial charge in [0, 0.05) is 37.7 Å². The first-order chi connectivity index (χ1) is 18.7. The number of benzene rings is 3. The van der Waals surface area contributed by atoms with Crippen LogP contribution in [0.3, 0.4) is 0 Å².